The van der Waals surface area contributed by atoms with Gasteiger partial charge in [-0.25, -0.2) is 22.4 Å². The van der Waals surface area contributed by atoms with Gasteiger partial charge in [0, 0.05) is 13.1 Å². The summed E-state index contributed by atoms with van der Waals surface area (Å²) in [5, 5.41) is 5.02. The standard InChI is InChI=1S/C21H26FN3O7S/c1-3-31-20(27)18-13(2)23-21(28)24-16(18)12-32-19(26)14-8-10-25(11-9-14)33(29,30)17-7-5-4-6-15(17)22/h4-7,13-14H,3,8-12H2,1-2H3,(H2,23,24,28)/t13-/m1/s1. The molecular formula is C21H26FN3O7S. The molecule has 1 aromatic rings. The molecule has 2 N–H and O–H groups in total. The fourth-order valence-corrected chi connectivity index (χ4v) is 5.31. The van der Waals surface area contributed by atoms with Gasteiger partial charge in [0.15, 0.2) is 0 Å². The minimum absolute atomic E-state index is 0.0326. The van der Waals surface area contributed by atoms with Crippen molar-refractivity contribution in [1.29, 1.82) is 0 Å². The van der Waals surface area contributed by atoms with Crippen LogP contribution in [-0.2, 0) is 29.1 Å². The zero-order valence-electron chi connectivity index (χ0n) is 18.3. The maximum absolute atomic E-state index is 14.0. The molecule has 0 radical (unpaired) electrons. The lowest BCUT2D eigenvalue weighted by atomic mass is 9.98. The van der Waals surface area contributed by atoms with Crippen LogP contribution in [0, 0.1) is 11.7 Å². The van der Waals surface area contributed by atoms with Crippen molar-refractivity contribution < 1.29 is 36.7 Å². The molecule has 2 aliphatic heterocycles. The first kappa shape index (κ1) is 24.6. The smallest absolute Gasteiger partial charge is 0.338 e. The highest BCUT2D eigenvalue weighted by atomic mass is 32.2. The van der Waals surface area contributed by atoms with Gasteiger partial charge in [-0.3, -0.25) is 4.79 Å². The van der Waals surface area contributed by atoms with Gasteiger partial charge in [0.05, 0.1) is 29.8 Å². The molecule has 10 nitrogen and oxygen atoms in total. The zero-order chi connectivity index (χ0) is 24.2. The van der Waals surface area contributed by atoms with Crippen LogP contribution in [0.15, 0.2) is 40.4 Å². The minimum Gasteiger partial charge on any atom is -0.463 e. The van der Waals surface area contributed by atoms with E-state index in [1.165, 1.54) is 18.2 Å². The summed E-state index contributed by atoms with van der Waals surface area (Å²) in [6.07, 6.45) is 0.390. The number of amides is 2. The molecule has 0 aromatic heterocycles. The third kappa shape index (κ3) is 5.50. The number of benzene rings is 1. The van der Waals surface area contributed by atoms with E-state index in [-0.39, 0.29) is 50.4 Å². The van der Waals surface area contributed by atoms with Gasteiger partial charge in [0.2, 0.25) is 10.0 Å². The first-order valence-corrected chi connectivity index (χ1v) is 12.0. The molecule has 2 amide bonds. The quantitative estimate of drug-likeness (QED) is 0.559. The van der Waals surface area contributed by atoms with Crippen molar-refractivity contribution in [2.75, 3.05) is 26.3 Å². The number of urea groups is 1. The fourth-order valence-electron chi connectivity index (χ4n) is 3.78. The van der Waals surface area contributed by atoms with Gasteiger partial charge in [0.1, 0.15) is 17.3 Å². The molecule has 0 spiro atoms. The summed E-state index contributed by atoms with van der Waals surface area (Å²) in [7, 11) is -4.01. The van der Waals surface area contributed by atoms with Gasteiger partial charge in [-0.1, -0.05) is 12.1 Å². The van der Waals surface area contributed by atoms with Crippen LogP contribution >= 0.6 is 0 Å². The molecule has 1 saturated heterocycles. The van der Waals surface area contributed by atoms with Gasteiger partial charge >= 0.3 is 18.0 Å². The van der Waals surface area contributed by atoms with Crippen LogP contribution in [0.5, 0.6) is 0 Å². The number of piperidine rings is 1. The average Bonchev–Trinajstić information content (AvgIpc) is 2.77. The van der Waals surface area contributed by atoms with Gasteiger partial charge in [-0.2, -0.15) is 4.31 Å². The van der Waals surface area contributed by atoms with E-state index in [2.05, 4.69) is 10.6 Å². The lowest BCUT2D eigenvalue weighted by Gasteiger charge is -2.30. The third-order valence-corrected chi connectivity index (χ3v) is 7.40. The number of carbonyl (C=O) groups is 3. The Labute approximate surface area is 191 Å². The van der Waals surface area contributed by atoms with Crippen LogP contribution in [0.4, 0.5) is 9.18 Å². The monoisotopic (exact) mass is 483 g/mol. The first-order valence-electron chi connectivity index (χ1n) is 10.5. The number of nitrogens with one attached hydrogen (secondary N) is 2. The highest BCUT2D eigenvalue weighted by molar-refractivity contribution is 7.89. The number of sulfonamides is 1. The molecule has 0 aliphatic carbocycles. The van der Waals surface area contributed by atoms with Crippen molar-refractivity contribution in [3.05, 3.63) is 41.4 Å². The SMILES string of the molecule is CCOC(=O)C1=C(COC(=O)C2CCN(S(=O)(=O)c3ccccc3F)CC2)NC(=O)N[C@@H]1C. The predicted octanol–water partition coefficient (Wildman–Crippen LogP) is 1.29. The Morgan fingerprint density at radius 1 is 1.18 bits per heavy atom. The molecule has 3 rings (SSSR count). The summed E-state index contributed by atoms with van der Waals surface area (Å²) in [4.78, 5) is 36.2. The summed E-state index contributed by atoms with van der Waals surface area (Å²) in [5.74, 6) is -2.61. The number of hydrogen-bond acceptors (Lipinski definition) is 7. The summed E-state index contributed by atoms with van der Waals surface area (Å²) in [5.41, 5.74) is 0.299. The van der Waals surface area contributed by atoms with Crippen LogP contribution < -0.4 is 10.6 Å². The minimum atomic E-state index is -4.01. The fraction of sp³-hybridized carbons (Fsp3) is 0.476. The summed E-state index contributed by atoms with van der Waals surface area (Å²) >= 11 is 0. The summed E-state index contributed by atoms with van der Waals surface area (Å²) < 4.78 is 50.9. The maximum atomic E-state index is 14.0. The number of ether oxygens (including phenoxy) is 2. The molecule has 180 valence electrons. The van der Waals surface area contributed by atoms with E-state index in [1.54, 1.807) is 13.8 Å². The normalized spacial score (nSPS) is 20.1. The molecule has 1 fully saturated rings. The highest BCUT2D eigenvalue weighted by Gasteiger charge is 2.35. The van der Waals surface area contributed by atoms with Crippen molar-refractivity contribution in [3.63, 3.8) is 0 Å². The molecule has 0 unspecified atom stereocenters. The van der Waals surface area contributed by atoms with Crippen molar-refractivity contribution in [2.24, 2.45) is 5.92 Å². The highest BCUT2D eigenvalue weighted by Crippen LogP contribution is 2.26. The first-order chi connectivity index (χ1) is 15.6. The maximum Gasteiger partial charge on any atom is 0.338 e. The number of esters is 2. The molecule has 2 heterocycles. The van der Waals surface area contributed by atoms with Crippen LogP contribution in [0.3, 0.4) is 0 Å². The average molecular weight is 484 g/mol. The Bertz CT molecular complexity index is 1070. The molecular weight excluding hydrogens is 457 g/mol. The van der Waals surface area contributed by atoms with Crippen molar-refractivity contribution in [3.8, 4) is 0 Å². The summed E-state index contributed by atoms with van der Waals surface area (Å²) in [6.45, 7) is 3.13. The van der Waals surface area contributed by atoms with Gasteiger partial charge in [-0.05, 0) is 38.8 Å². The van der Waals surface area contributed by atoms with Gasteiger partial charge in [0.25, 0.3) is 0 Å². The molecule has 1 aromatic carbocycles. The molecule has 1 atom stereocenters. The van der Waals surface area contributed by atoms with E-state index in [0.29, 0.717) is 0 Å². The van der Waals surface area contributed by atoms with Crippen LogP contribution in [0.1, 0.15) is 26.7 Å². The third-order valence-electron chi connectivity index (χ3n) is 5.47. The Hall–Kier alpha value is -2.99. The number of carbonyl (C=O) groups excluding carboxylic acids is 3. The largest absolute Gasteiger partial charge is 0.463 e. The van der Waals surface area contributed by atoms with Crippen LogP contribution in [0.25, 0.3) is 0 Å². The van der Waals surface area contributed by atoms with E-state index < -0.39 is 50.7 Å². The molecule has 0 saturated carbocycles. The Kier molecular flexibility index (Phi) is 7.69. The van der Waals surface area contributed by atoms with Crippen LogP contribution in [0.2, 0.25) is 0 Å². The second-order valence-electron chi connectivity index (χ2n) is 7.65. The number of halogens is 1. The van der Waals surface area contributed by atoms with Crippen molar-refractivity contribution in [2.45, 2.75) is 37.6 Å². The number of hydrogen-bond donors (Lipinski definition) is 2. The lowest BCUT2D eigenvalue weighted by Crippen LogP contribution is -2.50. The van der Waals surface area contributed by atoms with Crippen LogP contribution in [-0.4, -0.2) is 63.0 Å². The second-order valence-corrected chi connectivity index (χ2v) is 9.56. The second kappa shape index (κ2) is 10.3. The van der Waals surface area contributed by atoms with E-state index in [0.717, 1.165) is 10.4 Å². The number of rotatable bonds is 7. The zero-order valence-corrected chi connectivity index (χ0v) is 19.1. The van der Waals surface area contributed by atoms with E-state index in [4.69, 9.17) is 9.47 Å². The van der Waals surface area contributed by atoms with Crippen molar-refractivity contribution >= 4 is 28.0 Å². The predicted molar refractivity (Wildman–Crippen MR) is 114 cm³/mol. The molecule has 33 heavy (non-hydrogen) atoms. The molecule has 0 bridgehead atoms. The molecule has 2 aliphatic rings. The molecule has 12 heteroatoms. The van der Waals surface area contributed by atoms with Crippen molar-refractivity contribution in [1.82, 2.24) is 14.9 Å². The van der Waals surface area contributed by atoms with E-state index in [1.807, 2.05) is 0 Å². The Morgan fingerprint density at radius 2 is 1.85 bits per heavy atom. The Balaban J connectivity index is 1.62. The van der Waals surface area contributed by atoms with E-state index >= 15 is 0 Å². The van der Waals surface area contributed by atoms with Gasteiger partial charge in [-0.15, -0.1) is 0 Å². The lowest BCUT2D eigenvalue weighted by molar-refractivity contribution is -0.149. The topological polar surface area (TPSA) is 131 Å². The van der Waals surface area contributed by atoms with E-state index in [9.17, 15) is 27.2 Å². The number of nitrogens with zero attached hydrogens (tertiary/aromatic N) is 1. The Morgan fingerprint density at radius 3 is 2.48 bits per heavy atom. The summed E-state index contributed by atoms with van der Waals surface area (Å²) in [6, 6.07) is 3.97. The van der Waals surface area contributed by atoms with Gasteiger partial charge < -0.3 is 20.1 Å².